The molecule has 1 atom stereocenters. The van der Waals surface area contributed by atoms with Crippen LogP contribution in [-0.4, -0.2) is 16.2 Å². The minimum absolute atomic E-state index is 0.0979. The highest BCUT2D eigenvalue weighted by Crippen LogP contribution is 2.47. The lowest BCUT2D eigenvalue weighted by atomic mass is 10.2. The average molecular weight is 279 g/mol. The number of nitrogens with zero attached hydrogens (tertiary/aromatic N) is 2. The van der Waals surface area contributed by atoms with E-state index in [-0.39, 0.29) is 10.9 Å². The minimum Gasteiger partial charge on any atom is -0.492 e. The zero-order valence-corrected chi connectivity index (χ0v) is 12.4. The molecule has 1 aliphatic rings. The van der Waals surface area contributed by atoms with E-state index in [1.54, 1.807) is 0 Å². The lowest BCUT2D eigenvalue weighted by Gasteiger charge is -2.17. The van der Waals surface area contributed by atoms with Gasteiger partial charge in [0.25, 0.3) is 0 Å². The van der Waals surface area contributed by atoms with Crippen molar-refractivity contribution in [1.82, 2.24) is 9.55 Å². The number of ether oxygens (including phenoxy) is 1. The summed E-state index contributed by atoms with van der Waals surface area (Å²) in [6.45, 7) is 6.88. The molecule has 0 spiro atoms. The van der Waals surface area contributed by atoms with Gasteiger partial charge >= 0.3 is 0 Å². The van der Waals surface area contributed by atoms with Gasteiger partial charge in [0.1, 0.15) is 17.1 Å². The van der Waals surface area contributed by atoms with Crippen molar-refractivity contribution in [3.05, 3.63) is 24.0 Å². The van der Waals surface area contributed by atoms with Gasteiger partial charge in [-0.1, -0.05) is 6.07 Å². The normalized spacial score (nSPS) is 18.5. The Kier molecular flexibility index (Phi) is 2.97. The molecule has 1 aliphatic carbocycles. The molecule has 19 heavy (non-hydrogen) atoms. The second-order valence-electron chi connectivity index (χ2n) is 5.48. The summed E-state index contributed by atoms with van der Waals surface area (Å²) in [5.74, 6) is 1.80. The zero-order chi connectivity index (χ0) is 13.6. The van der Waals surface area contributed by atoms with Crippen LogP contribution in [0.15, 0.2) is 18.2 Å². The molecule has 0 radical (unpaired) electrons. The van der Waals surface area contributed by atoms with Gasteiger partial charge in [0.05, 0.1) is 17.5 Å². The Morgan fingerprint density at radius 2 is 2.21 bits per heavy atom. The van der Waals surface area contributed by atoms with E-state index in [4.69, 9.17) is 21.3 Å². The molecule has 0 N–H and O–H groups in total. The monoisotopic (exact) mass is 278 g/mol. The van der Waals surface area contributed by atoms with Crippen LogP contribution >= 0.6 is 11.6 Å². The first-order valence-corrected chi connectivity index (χ1v) is 7.29. The van der Waals surface area contributed by atoms with Crippen LogP contribution in [0.25, 0.3) is 11.0 Å². The van der Waals surface area contributed by atoms with Gasteiger partial charge in [0.15, 0.2) is 0 Å². The molecule has 1 saturated carbocycles. The van der Waals surface area contributed by atoms with Crippen molar-refractivity contribution in [3.8, 4) is 5.75 Å². The Labute approximate surface area is 118 Å². The summed E-state index contributed by atoms with van der Waals surface area (Å²) in [7, 11) is 0. The Morgan fingerprint density at radius 3 is 2.79 bits per heavy atom. The quantitative estimate of drug-likeness (QED) is 0.782. The van der Waals surface area contributed by atoms with Crippen molar-refractivity contribution in [3.63, 3.8) is 0 Å². The maximum Gasteiger partial charge on any atom is 0.147 e. The molecule has 1 aromatic carbocycles. The molecule has 0 saturated heterocycles. The van der Waals surface area contributed by atoms with Gasteiger partial charge in [-0.15, -0.1) is 11.6 Å². The number of hydrogen-bond donors (Lipinski definition) is 0. The van der Waals surface area contributed by atoms with Crippen LogP contribution in [-0.2, 0) is 5.54 Å². The van der Waals surface area contributed by atoms with Crippen LogP contribution in [0.5, 0.6) is 5.75 Å². The average Bonchev–Trinajstić information content (AvgIpc) is 2.98. The molecule has 1 unspecified atom stereocenters. The van der Waals surface area contributed by atoms with Crippen molar-refractivity contribution in [2.45, 2.75) is 44.5 Å². The molecule has 1 aromatic heterocycles. The topological polar surface area (TPSA) is 27.1 Å². The largest absolute Gasteiger partial charge is 0.492 e. The summed E-state index contributed by atoms with van der Waals surface area (Å²) in [5, 5.41) is -0.0979. The highest BCUT2D eigenvalue weighted by molar-refractivity contribution is 6.20. The standard InChI is InChI=1S/C15H19ClN2O/c1-4-19-12-7-5-6-11-13(12)17-14(10(2)16)18(11)15(3)8-9-15/h5-7,10H,4,8-9H2,1-3H3. The van der Waals surface area contributed by atoms with E-state index >= 15 is 0 Å². The third-order valence-electron chi connectivity index (χ3n) is 3.84. The summed E-state index contributed by atoms with van der Waals surface area (Å²) in [6, 6.07) is 6.11. The van der Waals surface area contributed by atoms with Crippen LogP contribution in [0.2, 0.25) is 0 Å². The van der Waals surface area contributed by atoms with Gasteiger partial charge in [-0.2, -0.15) is 0 Å². The van der Waals surface area contributed by atoms with Crippen LogP contribution in [0, 0.1) is 0 Å². The summed E-state index contributed by atoms with van der Waals surface area (Å²) in [5.41, 5.74) is 2.24. The van der Waals surface area contributed by atoms with Crippen LogP contribution in [0.1, 0.15) is 44.8 Å². The fraction of sp³-hybridized carbons (Fsp3) is 0.533. The highest BCUT2D eigenvalue weighted by atomic mass is 35.5. The lowest BCUT2D eigenvalue weighted by Crippen LogP contribution is -2.16. The molecule has 0 aliphatic heterocycles. The number of hydrogen-bond acceptors (Lipinski definition) is 2. The molecule has 4 heteroatoms. The van der Waals surface area contributed by atoms with Gasteiger partial charge in [-0.05, 0) is 45.7 Å². The van der Waals surface area contributed by atoms with Crippen molar-refractivity contribution >= 4 is 22.6 Å². The van der Waals surface area contributed by atoms with Crippen molar-refractivity contribution < 1.29 is 4.74 Å². The maximum atomic E-state index is 6.32. The number of fused-ring (bicyclic) bond motifs is 1. The summed E-state index contributed by atoms with van der Waals surface area (Å²) >= 11 is 6.32. The fourth-order valence-electron chi connectivity index (χ4n) is 2.60. The third-order valence-corrected chi connectivity index (χ3v) is 4.04. The fourth-order valence-corrected chi connectivity index (χ4v) is 2.75. The Bertz CT molecular complexity index is 614. The number of imidazole rings is 1. The third kappa shape index (κ3) is 2.00. The van der Waals surface area contributed by atoms with Crippen LogP contribution < -0.4 is 4.74 Å². The number of alkyl halides is 1. The van der Waals surface area contributed by atoms with Gasteiger partial charge in [-0.3, -0.25) is 0 Å². The molecule has 1 heterocycles. The molecule has 1 fully saturated rings. The lowest BCUT2D eigenvalue weighted by molar-refractivity contribution is 0.343. The number of benzene rings is 1. The van der Waals surface area contributed by atoms with Gasteiger partial charge in [-0.25, -0.2) is 4.98 Å². The van der Waals surface area contributed by atoms with Gasteiger partial charge in [0, 0.05) is 5.54 Å². The van der Waals surface area contributed by atoms with Crippen LogP contribution in [0.4, 0.5) is 0 Å². The summed E-state index contributed by atoms with van der Waals surface area (Å²) in [4.78, 5) is 4.74. The molecule has 0 bridgehead atoms. The Hall–Kier alpha value is -1.22. The second kappa shape index (κ2) is 4.41. The predicted octanol–water partition coefficient (Wildman–Crippen LogP) is 4.24. The number of aromatic nitrogens is 2. The molecular formula is C15H19ClN2O. The summed E-state index contributed by atoms with van der Waals surface area (Å²) < 4.78 is 7.99. The van der Waals surface area contributed by atoms with E-state index in [1.807, 2.05) is 26.0 Å². The van der Waals surface area contributed by atoms with E-state index in [9.17, 15) is 0 Å². The molecule has 2 aromatic rings. The molecule has 102 valence electrons. The van der Waals surface area contributed by atoms with Crippen molar-refractivity contribution in [2.24, 2.45) is 0 Å². The number of rotatable bonds is 4. The Balaban J connectivity index is 2.27. The van der Waals surface area contributed by atoms with Crippen molar-refractivity contribution in [1.29, 1.82) is 0 Å². The smallest absolute Gasteiger partial charge is 0.147 e. The molecule has 3 nitrogen and oxygen atoms in total. The minimum atomic E-state index is -0.0979. The SMILES string of the molecule is CCOc1cccc2c1nc(C(C)Cl)n2C1(C)CC1. The number of halogens is 1. The first-order chi connectivity index (χ1) is 9.07. The van der Waals surface area contributed by atoms with E-state index < -0.39 is 0 Å². The highest BCUT2D eigenvalue weighted by Gasteiger charge is 2.42. The van der Waals surface area contributed by atoms with E-state index in [0.29, 0.717) is 6.61 Å². The second-order valence-corrected chi connectivity index (χ2v) is 6.13. The van der Waals surface area contributed by atoms with E-state index in [2.05, 4.69) is 17.6 Å². The van der Waals surface area contributed by atoms with Gasteiger partial charge < -0.3 is 9.30 Å². The molecule has 0 amide bonds. The molecule has 3 rings (SSSR count). The first-order valence-electron chi connectivity index (χ1n) is 6.85. The molecular weight excluding hydrogens is 260 g/mol. The first kappa shape index (κ1) is 12.8. The number of para-hydroxylation sites is 1. The summed E-state index contributed by atoms with van der Waals surface area (Å²) in [6.07, 6.45) is 2.38. The van der Waals surface area contributed by atoms with E-state index in [0.717, 1.165) is 22.6 Å². The zero-order valence-electron chi connectivity index (χ0n) is 11.6. The van der Waals surface area contributed by atoms with Crippen molar-refractivity contribution in [2.75, 3.05) is 6.61 Å². The Morgan fingerprint density at radius 1 is 1.47 bits per heavy atom. The van der Waals surface area contributed by atoms with Gasteiger partial charge in [0.2, 0.25) is 0 Å². The van der Waals surface area contributed by atoms with Crippen LogP contribution in [0.3, 0.4) is 0 Å². The maximum absolute atomic E-state index is 6.32. The van der Waals surface area contributed by atoms with E-state index in [1.165, 1.54) is 12.8 Å². The predicted molar refractivity (Wildman–Crippen MR) is 78.1 cm³/mol.